The highest BCUT2D eigenvalue weighted by atomic mass is 15.2. The molecule has 1 aliphatic rings. The van der Waals surface area contributed by atoms with Crippen molar-refractivity contribution in [3.05, 3.63) is 0 Å². The predicted octanol–water partition coefficient (Wildman–Crippen LogP) is 1.82. The average molecular weight is 197 g/mol. The van der Waals surface area contributed by atoms with Gasteiger partial charge in [0.25, 0.3) is 0 Å². The van der Waals surface area contributed by atoms with Gasteiger partial charge in [-0.1, -0.05) is 6.92 Å². The SMILES string of the molecule is CCC(C(=N)N)N(CC1CC1)C(C)C. The lowest BCUT2D eigenvalue weighted by Crippen LogP contribution is -2.48. The molecule has 82 valence electrons. The second kappa shape index (κ2) is 4.78. The summed E-state index contributed by atoms with van der Waals surface area (Å²) in [7, 11) is 0. The zero-order chi connectivity index (χ0) is 10.7. The Kier molecular flexibility index (Phi) is 3.93. The second-order valence-corrected chi connectivity index (χ2v) is 4.61. The smallest absolute Gasteiger partial charge is 0.108 e. The molecule has 14 heavy (non-hydrogen) atoms. The summed E-state index contributed by atoms with van der Waals surface area (Å²) in [5, 5.41) is 7.58. The Morgan fingerprint density at radius 3 is 2.36 bits per heavy atom. The maximum atomic E-state index is 7.58. The molecule has 1 aliphatic carbocycles. The van der Waals surface area contributed by atoms with E-state index in [4.69, 9.17) is 11.1 Å². The van der Waals surface area contributed by atoms with E-state index in [-0.39, 0.29) is 6.04 Å². The van der Waals surface area contributed by atoms with Crippen molar-refractivity contribution in [2.75, 3.05) is 6.54 Å². The monoisotopic (exact) mass is 197 g/mol. The van der Waals surface area contributed by atoms with Crippen molar-refractivity contribution in [2.45, 2.75) is 52.1 Å². The molecule has 0 saturated heterocycles. The topological polar surface area (TPSA) is 53.1 Å². The van der Waals surface area contributed by atoms with Crippen LogP contribution in [0.4, 0.5) is 0 Å². The Hall–Kier alpha value is -0.570. The third-order valence-corrected chi connectivity index (χ3v) is 2.98. The summed E-state index contributed by atoms with van der Waals surface area (Å²) in [6, 6.07) is 0.639. The molecule has 0 amide bonds. The summed E-state index contributed by atoms with van der Waals surface area (Å²) in [6.07, 6.45) is 3.66. The molecule has 0 heterocycles. The Morgan fingerprint density at radius 1 is 1.50 bits per heavy atom. The molecular weight excluding hydrogens is 174 g/mol. The Balaban J connectivity index is 2.57. The fourth-order valence-electron chi connectivity index (χ4n) is 1.93. The minimum Gasteiger partial charge on any atom is -0.386 e. The van der Waals surface area contributed by atoms with Gasteiger partial charge in [-0.15, -0.1) is 0 Å². The van der Waals surface area contributed by atoms with E-state index in [2.05, 4.69) is 25.7 Å². The van der Waals surface area contributed by atoms with Crippen LogP contribution in [0.5, 0.6) is 0 Å². The molecule has 1 atom stereocenters. The normalized spacial score (nSPS) is 18.9. The van der Waals surface area contributed by atoms with Crippen LogP contribution in [0.25, 0.3) is 0 Å². The highest BCUT2D eigenvalue weighted by molar-refractivity contribution is 5.82. The molecule has 3 nitrogen and oxygen atoms in total. The third-order valence-electron chi connectivity index (χ3n) is 2.98. The van der Waals surface area contributed by atoms with Crippen molar-refractivity contribution in [1.82, 2.24) is 4.90 Å². The molecule has 1 rings (SSSR count). The van der Waals surface area contributed by atoms with Gasteiger partial charge in [-0.2, -0.15) is 0 Å². The van der Waals surface area contributed by atoms with Gasteiger partial charge in [0.05, 0.1) is 6.04 Å². The van der Waals surface area contributed by atoms with Crippen LogP contribution in [0, 0.1) is 11.3 Å². The lowest BCUT2D eigenvalue weighted by molar-refractivity contribution is 0.179. The van der Waals surface area contributed by atoms with Crippen molar-refractivity contribution in [2.24, 2.45) is 11.7 Å². The lowest BCUT2D eigenvalue weighted by atomic mass is 10.1. The van der Waals surface area contributed by atoms with Crippen LogP contribution in [0.3, 0.4) is 0 Å². The van der Waals surface area contributed by atoms with E-state index < -0.39 is 0 Å². The van der Waals surface area contributed by atoms with Crippen molar-refractivity contribution in [3.8, 4) is 0 Å². The summed E-state index contributed by atoms with van der Waals surface area (Å²) in [5.41, 5.74) is 5.62. The first kappa shape index (κ1) is 11.5. The highest BCUT2D eigenvalue weighted by Crippen LogP contribution is 2.31. The summed E-state index contributed by atoms with van der Waals surface area (Å²) < 4.78 is 0. The standard InChI is InChI=1S/C11H23N3/c1-4-10(11(12)13)14(8(2)3)7-9-5-6-9/h8-10H,4-7H2,1-3H3,(H3,12,13). The summed E-state index contributed by atoms with van der Waals surface area (Å²) >= 11 is 0. The molecule has 1 fully saturated rings. The van der Waals surface area contributed by atoms with Crippen LogP contribution >= 0.6 is 0 Å². The molecule has 0 radical (unpaired) electrons. The molecule has 3 N–H and O–H groups in total. The summed E-state index contributed by atoms with van der Waals surface area (Å²) in [4.78, 5) is 2.38. The first-order valence-corrected chi connectivity index (χ1v) is 5.65. The van der Waals surface area contributed by atoms with Gasteiger partial charge in [0.2, 0.25) is 0 Å². The minimum atomic E-state index is 0.149. The number of nitrogens with zero attached hydrogens (tertiary/aromatic N) is 1. The third kappa shape index (κ3) is 2.98. The molecule has 0 aromatic carbocycles. The molecule has 0 spiro atoms. The van der Waals surface area contributed by atoms with E-state index in [1.807, 2.05) is 0 Å². The maximum absolute atomic E-state index is 7.58. The zero-order valence-corrected chi connectivity index (χ0v) is 9.59. The molecule has 0 aromatic rings. The molecule has 0 bridgehead atoms. The molecule has 0 aliphatic heterocycles. The van der Waals surface area contributed by atoms with E-state index in [9.17, 15) is 0 Å². The van der Waals surface area contributed by atoms with Gasteiger partial charge >= 0.3 is 0 Å². The number of rotatable bonds is 6. The van der Waals surface area contributed by atoms with E-state index in [0.717, 1.165) is 18.9 Å². The average Bonchev–Trinajstić information content (AvgIpc) is 2.86. The highest BCUT2D eigenvalue weighted by Gasteiger charge is 2.29. The fraction of sp³-hybridized carbons (Fsp3) is 0.909. The maximum Gasteiger partial charge on any atom is 0.108 e. The number of hydrogen-bond donors (Lipinski definition) is 2. The quantitative estimate of drug-likeness (QED) is 0.504. The molecule has 1 saturated carbocycles. The largest absolute Gasteiger partial charge is 0.386 e. The number of nitrogens with one attached hydrogen (secondary N) is 1. The van der Waals surface area contributed by atoms with Crippen LogP contribution in [0.2, 0.25) is 0 Å². The van der Waals surface area contributed by atoms with E-state index in [1.54, 1.807) is 0 Å². The van der Waals surface area contributed by atoms with Gasteiger partial charge in [-0.3, -0.25) is 10.3 Å². The van der Waals surface area contributed by atoms with E-state index >= 15 is 0 Å². The summed E-state index contributed by atoms with van der Waals surface area (Å²) in [6.45, 7) is 7.60. The first-order valence-electron chi connectivity index (χ1n) is 5.65. The number of nitrogens with two attached hydrogens (primary N) is 1. The van der Waals surface area contributed by atoms with Gasteiger partial charge in [0.15, 0.2) is 0 Å². The minimum absolute atomic E-state index is 0.149. The Morgan fingerprint density at radius 2 is 2.07 bits per heavy atom. The van der Waals surface area contributed by atoms with Crippen molar-refractivity contribution in [1.29, 1.82) is 5.41 Å². The van der Waals surface area contributed by atoms with Crippen LogP contribution in [-0.2, 0) is 0 Å². The van der Waals surface area contributed by atoms with Gasteiger partial charge in [0.1, 0.15) is 5.84 Å². The number of amidine groups is 1. The fourth-order valence-corrected chi connectivity index (χ4v) is 1.93. The van der Waals surface area contributed by atoms with E-state index in [0.29, 0.717) is 11.9 Å². The van der Waals surface area contributed by atoms with Crippen molar-refractivity contribution >= 4 is 5.84 Å². The van der Waals surface area contributed by atoms with Gasteiger partial charge in [-0.05, 0) is 39.0 Å². The molecule has 0 aromatic heterocycles. The van der Waals surface area contributed by atoms with Crippen LogP contribution in [-0.4, -0.2) is 29.4 Å². The molecular formula is C11H23N3. The zero-order valence-electron chi connectivity index (χ0n) is 9.59. The summed E-state index contributed by atoms with van der Waals surface area (Å²) in [5.74, 6) is 1.19. The predicted molar refractivity (Wildman–Crippen MR) is 60.6 cm³/mol. The second-order valence-electron chi connectivity index (χ2n) is 4.61. The van der Waals surface area contributed by atoms with Crippen LogP contribution < -0.4 is 5.73 Å². The van der Waals surface area contributed by atoms with Gasteiger partial charge < -0.3 is 5.73 Å². The van der Waals surface area contributed by atoms with Gasteiger partial charge in [0, 0.05) is 12.6 Å². The lowest BCUT2D eigenvalue weighted by Gasteiger charge is -2.33. The van der Waals surface area contributed by atoms with Crippen molar-refractivity contribution < 1.29 is 0 Å². The molecule has 3 heteroatoms. The van der Waals surface area contributed by atoms with Gasteiger partial charge in [-0.25, -0.2) is 0 Å². The Bertz CT molecular complexity index is 197. The number of hydrogen-bond acceptors (Lipinski definition) is 2. The van der Waals surface area contributed by atoms with Crippen LogP contribution in [0.15, 0.2) is 0 Å². The van der Waals surface area contributed by atoms with Crippen molar-refractivity contribution in [3.63, 3.8) is 0 Å². The molecule has 1 unspecified atom stereocenters. The van der Waals surface area contributed by atoms with E-state index in [1.165, 1.54) is 12.8 Å². The Labute approximate surface area is 87.2 Å². The van der Waals surface area contributed by atoms with Crippen LogP contribution in [0.1, 0.15) is 40.0 Å². The first-order chi connectivity index (χ1) is 6.56.